The molecule has 0 saturated carbocycles. The Labute approximate surface area is 169 Å². The zero-order chi connectivity index (χ0) is 20.5. The number of para-hydroxylation sites is 1. The summed E-state index contributed by atoms with van der Waals surface area (Å²) in [6.45, 7) is 10.7. The molecule has 0 bridgehead atoms. The van der Waals surface area contributed by atoms with Gasteiger partial charge in [-0.1, -0.05) is 44.2 Å². The molecule has 2 aromatic rings. The highest BCUT2D eigenvalue weighted by Crippen LogP contribution is 2.26. The van der Waals surface area contributed by atoms with Crippen LogP contribution in [0.1, 0.15) is 58.1 Å². The van der Waals surface area contributed by atoms with E-state index in [0.717, 1.165) is 29.9 Å². The second kappa shape index (κ2) is 10.7. The fourth-order valence-electron chi connectivity index (χ4n) is 2.96. The third-order valence-electron chi connectivity index (χ3n) is 4.45. The molecule has 0 saturated heterocycles. The molecule has 1 amide bonds. The van der Waals surface area contributed by atoms with Gasteiger partial charge in [-0.05, 0) is 68.9 Å². The topological polar surface area (TPSA) is 47.6 Å². The third-order valence-corrected chi connectivity index (χ3v) is 4.45. The van der Waals surface area contributed by atoms with E-state index >= 15 is 0 Å². The first-order valence-electron chi connectivity index (χ1n) is 10.2. The van der Waals surface area contributed by atoms with Crippen molar-refractivity contribution in [2.75, 3.05) is 6.54 Å². The van der Waals surface area contributed by atoms with E-state index in [0.29, 0.717) is 12.5 Å². The van der Waals surface area contributed by atoms with Gasteiger partial charge in [0.25, 0.3) is 5.91 Å². The summed E-state index contributed by atoms with van der Waals surface area (Å²) in [7, 11) is 0. The first kappa shape index (κ1) is 21.8. The number of nitrogens with one attached hydrogen (secondary N) is 1. The number of benzene rings is 2. The maximum Gasteiger partial charge on any atom is 0.260 e. The smallest absolute Gasteiger partial charge is 0.260 e. The van der Waals surface area contributed by atoms with Gasteiger partial charge in [-0.15, -0.1) is 0 Å². The van der Waals surface area contributed by atoms with Crippen molar-refractivity contribution in [3.05, 3.63) is 59.7 Å². The zero-order valence-corrected chi connectivity index (χ0v) is 17.7. The highest BCUT2D eigenvalue weighted by molar-refractivity contribution is 5.80. The molecule has 0 aliphatic heterocycles. The number of rotatable bonds is 10. The maximum absolute atomic E-state index is 12.3. The van der Waals surface area contributed by atoms with E-state index in [1.807, 2.05) is 50.2 Å². The Morgan fingerprint density at radius 1 is 0.929 bits per heavy atom. The second-order valence-corrected chi connectivity index (χ2v) is 7.66. The lowest BCUT2D eigenvalue weighted by atomic mass is 10.0. The molecule has 28 heavy (non-hydrogen) atoms. The van der Waals surface area contributed by atoms with Gasteiger partial charge in [0, 0.05) is 6.54 Å². The quantitative estimate of drug-likeness (QED) is 0.580. The lowest BCUT2D eigenvalue weighted by molar-refractivity contribution is -0.127. The van der Waals surface area contributed by atoms with Crippen LogP contribution in [0.4, 0.5) is 0 Å². The SMILES string of the molecule is CC(C)Oc1ccc(CCCNC(=O)C(C)Oc2ccccc2C(C)C)cc1. The standard InChI is InChI=1S/C24H33NO3/c1-17(2)22-10-6-7-11-23(22)28-19(5)24(26)25-16-8-9-20-12-14-21(15-13-20)27-18(3)4/h6-7,10-15,17-19H,8-9,16H2,1-5H3,(H,25,26). The fourth-order valence-corrected chi connectivity index (χ4v) is 2.96. The highest BCUT2D eigenvalue weighted by atomic mass is 16.5. The number of hydrogen-bond acceptors (Lipinski definition) is 3. The lowest BCUT2D eigenvalue weighted by Crippen LogP contribution is -2.37. The van der Waals surface area contributed by atoms with Gasteiger partial charge in [0.2, 0.25) is 0 Å². The fraction of sp³-hybridized carbons (Fsp3) is 0.458. The van der Waals surface area contributed by atoms with E-state index in [4.69, 9.17) is 9.47 Å². The second-order valence-electron chi connectivity index (χ2n) is 7.66. The molecule has 0 heterocycles. The van der Waals surface area contributed by atoms with Crippen molar-refractivity contribution in [2.24, 2.45) is 0 Å². The van der Waals surface area contributed by atoms with Crippen molar-refractivity contribution in [1.29, 1.82) is 0 Å². The number of carbonyl (C=O) groups excluding carboxylic acids is 1. The molecule has 4 nitrogen and oxygen atoms in total. The van der Waals surface area contributed by atoms with Gasteiger partial charge < -0.3 is 14.8 Å². The Balaban J connectivity index is 1.75. The Morgan fingerprint density at radius 3 is 2.25 bits per heavy atom. The monoisotopic (exact) mass is 383 g/mol. The van der Waals surface area contributed by atoms with Crippen molar-refractivity contribution < 1.29 is 14.3 Å². The van der Waals surface area contributed by atoms with Crippen LogP contribution in [0, 0.1) is 0 Å². The third kappa shape index (κ3) is 6.91. The van der Waals surface area contributed by atoms with Crippen LogP contribution < -0.4 is 14.8 Å². The van der Waals surface area contributed by atoms with Crippen molar-refractivity contribution >= 4 is 5.91 Å². The Bertz CT molecular complexity index is 738. The van der Waals surface area contributed by atoms with Crippen LogP contribution in [-0.4, -0.2) is 24.7 Å². The van der Waals surface area contributed by atoms with E-state index in [2.05, 4.69) is 31.3 Å². The molecule has 0 fully saturated rings. The van der Waals surface area contributed by atoms with E-state index in [1.54, 1.807) is 6.92 Å². The Hall–Kier alpha value is -2.49. The van der Waals surface area contributed by atoms with Gasteiger partial charge in [-0.3, -0.25) is 4.79 Å². The van der Waals surface area contributed by atoms with E-state index in [9.17, 15) is 4.79 Å². The number of hydrogen-bond donors (Lipinski definition) is 1. The summed E-state index contributed by atoms with van der Waals surface area (Å²) >= 11 is 0. The van der Waals surface area contributed by atoms with Crippen LogP contribution in [0.2, 0.25) is 0 Å². The molecular formula is C24H33NO3. The number of ether oxygens (including phenoxy) is 2. The highest BCUT2D eigenvalue weighted by Gasteiger charge is 2.16. The summed E-state index contributed by atoms with van der Waals surface area (Å²) in [5, 5.41) is 2.97. The van der Waals surface area contributed by atoms with Gasteiger partial charge >= 0.3 is 0 Å². The number of amides is 1. The Morgan fingerprint density at radius 2 is 1.61 bits per heavy atom. The van der Waals surface area contributed by atoms with Crippen molar-refractivity contribution in [3.8, 4) is 11.5 Å². The molecule has 0 radical (unpaired) electrons. The molecule has 1 atom stereocenters. The van der Waals surface area contributed by atoms with Crippen LogP contribution in [0.3, 0.4) is 0 Å². The molecule has 4 heteroatoms. The van der Waals surface area contributed by atoms with Crippen LogP contribution >= 0.6 is 0 Å². The summed E-state index contributed by atoms with van der Waals surface area (Å²) in [4.78, 5) is 12.3. The minimum Gasteiger partial charge on any atom is -0.491 e. The zero-order valence-electron chi connectivity index (χ0n) is 17.7. The average Bonchev–Trinajstić information content (AvgIpc) is 2.66. The molecule has 2 rings (SSSR count). The van der Waals surface area contributed by atoms with E-state index < -0.39 is 6.10 Å². The van der Waals surface area contributed by atoms with Gasteiger partial charge in [-0.25, -0.2) is 0 Å². The lowest BCUT2D eigenvalue weighted by Gasteiger charge is -2.18. The van der Waals surface area contributed by atoms with E-state index in [-0.39, 0.29) is 12.0 Å². The van der Waals surface area contributed by atoms with Crippen LogP contribution in [0.15, 0.2) is 48.5 Å². The molecule has 1 unspecified atom stereocenters. The van der Waals surface area contributed by atoms with Gasteiger partial charge in [0.1, 0.15) is 11.5 Å². The molecule has 0 aliphatic rings. The van der Waals surface area contributed by atoms with Gasteiger partial charge in [0.15, 0.2) is 6.10 Å². The maximum atomic E-state index is 12.3. The number of carbonyl (C=O) groups is 1. The molecular weight excluding hydrogens is 350 g/mol. The van der Waals surface area contributed by atoms with Crippen LogP contribution in [0.5, 0.6) is 11.5 Å². The normalized spacial score (nSPS) is 12.1. The molecule has 0 spiro atoms. The summed E-state index contributed by atoms with van der Waals surface area (Å²) in [6, 6.07) is 16.0. The minimum atomic E-state index is -0.521. The first-order chi connectivity index (χ1) is 13.4. The average molecular weight is 384 g/mol. The predicted molar refractivity (Wildman–Crippen MR) is 114 cm³/mol. The van der Waals surface area contributed by atoms with Gasteiger partial charge in [-0.2, -0.15) is 0 Å². The summed E-state index contributed by atoms with van der Waals surface area (Å²) in [5.41, 5.74) is 2.35. The predicted octanol–water partition coefficient (Wildman–Crippen LogP) is 5.11. The first-order valence-corrected chi connectivity index (χ1v) is 10.2. The van der Waals surface area contributed by atoms with E-state index in [1.165, 1.54) is 5.56 Å². The Kier molecular flexibility index (Phi) is 8.37. The summed E-state index contributed by atoms with van der Waals surface area (Å²) in [6.07, 6.45) is 1.45. The molecule has 2 aromatic carbocycles. The largest absolute Gasteiger partial charge is 0.491 e. The molecule has 152 valence electrons. The minimum absolute atomic E-state index is 0.0840. The van der Waals surface area contributed by atoms with Crippen molar-refractivity contribution in [1.82, 2.24) is 5.32 Å². The summed E-state index contributed by atoms with van der Waals surface area (Å²) in [5.74, 6) is 1.94. The van der Waals surface area contributed by atoms with Crippen molar-refractivity contribution in [3.63, 3.8) is 0 Å². The molecule has 0 aromatic heterocycles. The number of aryl methyl sites for hydroxylation is 1. The van der Waals surface area contributed by atoms with Crippen LogP contribution in [-0.2, 0) is 11.2 Å². The van der Waals surface area contributed by atoms with Crippen LogP contribution in [0.25, 0.3) is 0 Å². The summed E-state index contributed by atoms with van der Waals surface area (Å²) < 4.78 is 11.6. The molecule has 1 N–H and O–H groups in total. The van der Waals surface area contributed by atoms with Crippen molar-refractivity contribution in [2.45, 2.75) is 65.6 Å². The molecule has 0 aliphatic carbocycles. The van der Waals surface area contributed by atoms with Gasteiger partial charge in [0.05, 0.1) is 6.10 Å².